The van der Waals surface area contributed by atoms with Crippen molar-refractivity contribution in [3.63, 3.8) is 0 Å². The Morgan fingerprint density at radius 2 is 2.06 bits per heavy atom. The predicted molar refractivity (Wildman–Crippen MR) is 72.1 cm³/mol. The van der Waals surface area contributed by atoms with E-state index in [1.54, 1.807) is 6.92 Å². The third-order valence-corrected chi connectivity index (χ3v) is 2.66. The molecule has 0 saturated heterocycles. The molecule has 0 spiro atoms. The van der Waals surface area contributed by atoms with Gasteiger partial charge < -0.3 is 0 Å². The van der Waals surface area contributed by atoms with Crippen LogP contribution < -0.4 is 0 Å². The first-order chi connectivity index (χ1) is 8.24. The van der Waals surface area contributed by atoms with Crippen LogP contribution in [-0.2, 0) is 0 Å². The van der Waals surface area contributed by atoms with E-state index in [2.05, 4.69) is 18.8 Å². The largest absolute Gasteiger partial charge is 0.295 e. The Balaban J connectivity index is 2.48. The topological polar surface area (TPSA) is 17.1 Å². The molecule has 90 valence electrons. The zero-order valence-corrected chi connectivity index (χ0v) is 10.8. The molecule has 0 aliphatic carbocycles. The van der Waals surface area contributed by atoms with Gasteiger partial charge in [0.2, 0.25) is 0 Å². The van der Waals surface area contributed by atoms with Gasteiger partial charge in [-0.05, 0) is 25.5 Å². The molecule has 17 heavy (non-hydrogen) atoms. The van der Waals surface area contributed by atoms with Crippen LogP contribution in [0.3, 0.4) is 0 Å². The Morgan fingerprint density at radius 1 is 1.24 bits per heavy atom. The molecule has 0 saturated carbocycles. The number of hydrogen-bond donors (Lipinski definition) is 0. The fourth-order valence-electron chi connectivity index (χ4n) is 1.62. The maximum absolute atomic E-state index is 11.2. The first kappa shape index (κ1) is 13.5. The second-order valence-corrected chi connectivity index (χ2v) is 4.25. The van der Waals surface area contributed by atoms with Crippen LogP contribution in [0.1, 0.15) is 61.9 Å². The van der Waals surface area contributed by atoms with E-state index in [0.717, 1.165) is 17.5 Å². The maximum Gasteiger partial charge on any atom is 0.159 e. The van der Waals surface area contributed by atoms with Crippen molar-refractivity contribution in [1.82, 2.24) is 0 Å². The van der Waals surface area contributed by atoms with Crippen LogP contribution >= 0.6 is 0 Å². The smallest absolute Gasteiger partial charge is 0.159 e. The third-order valence-electron chi connectivity index (χ3n) is 2.66. The Labute approximate surface area is 104 Å². The molecular weight excluding hydrogens is 208 g/mol. The molecule has 0 aliphatic heterocycles. The second-order valence-electron chi connectivity index (χ2n) is 4.25. The van der Waals surface area contributed by atoms with Crippen molar-refractivity contribution in [2.75, 3.05) is 0 Å². The van der Waals surface area contributed by atoms with Gasteiger partial charge in [0.05, 0.1) is 0 Å². The molecule has 0 radical (unpaired) electrons. The van der Waals surface area contributed by atoms with Gasteiger partial charge in [-0.2, -0.15) is 0 Å². The molecule has 0 bridgehead atoms. The predicted octanol–water partition coefficient (Wildman–Crippen LogP) is 4.21. The molecule has 1 heteroatoms. The highest BCUT2D eigenvalue weighted by atomic mass is 16.1. The molecule has 1 aromatic carbocycles. The monoisotopic (exact) mass is 228 g/mol. The Bertz CT molecular complexity index is 421. The standard InChI is InChI=1S/C16H20O/c1-3-4-5-6-7-8-10-15-11-9-12-16(13-15)14(2)17/h9,11-13H,3-7H2,1-2H3. The zero-order chi connectivity index (χ0) is 12.5. The summed E-state index contributed by atoms with van der Waals surface area (Å²) in [4.78, 5) is 11.2. The van der Waals surface area contributed by atoms with E-state index >= 15 is 0 Å². The number of rotatable bonds is 5. The van der Waals surface area contributed by atoms with Gasteiger partial charge in [0.15, 0.2) is 5.78 Å². The quantitative estimate of drug-likeness (QED) is 0.419. The van der Waals surface area contributed by atoms with Gasteiger partial charge in [-0.25, -0.2) is 0 Å². The summed E-state index contributed by atoms with van der Waals surface area (Å²) in [5.74, 6) is 6.37. The summed E-state index contributed by atoms with van der Waals surface area (Å²) in [5, 5.41) is 0. The zero-order valence-electron chi connectivity index (χ0n) is 10.8. The highest BCUT2D eigenvalue weighted by Crippen LogP contribution is 2.05. The van der Waals surface area contributed by atoms with Gasteiger partial charge in [-0.3, -0.25) is 4.79 Å². The van der Waals surface area contributed by atoms with Crippen LogP contribution in [0.15, 0.2) is 24.3 Å². The van der Waals surface area contributed by atoms with Crippen molar-refractivity contribution in [3.8, 4) is 11.8 Å². The Hall–Kier alpha value is -1.55. The summed E-state index contributed by atoms with van der Waals surface area (Å²) in [6, 6.07) is 7.53. The van der Waals surface area contributed by atoms with Gasteiger partial charge in [-0.1, -0.05) is 50.2 Å². The number of carbonyl (C=O) groups excluding carboxylic acids is 1. The van der Waals surface area contributed by atoms with Crippen LogP contribution in [0.2, 0.25) is 0 Å². The SMILES string of the molecule is CCCCCCC#Cc1cccc(C(C)=O)c1. The van der Waals surface area contributed by atoms with Crippen LogP contribution in [-0.4, -0.2) is 5.78 Å². The molecule has 0 aromatic heterocycles. The van der Waals surface area contributed by atoms with E-state index in [0.29, 0.717) is 0 Å². The summed E-state index contributed by atoms with van der Waals surface area (Å²) in [7, 11) is 0. The lowest BCUT2D eigenvalue weighted by Gasteiger charge is -1.95. The minimum atomic E-state index is 0.0941. The highest BCUT2D eigenvalue weighted by Gasteiger charge is 1.97. The van der Waals surface area contributed by atoms with Gasteiger partial charge >= 0.3 is 0 Å². The number of carbonyl (C=O) groups is 1. The molecule has 0 aliphatic rings. The van der Waals surface area contributed by atoms with Gasteiger partial charge in [0, 0.05) is 17.5 Å². The van der Waals surface area contributed by atoms with E-state index in [1.165, 1.54) is 25.7 Å². The molecule has 0 amide bonds. The van der Waals surface area contributed by atoms with Crippen molar-refractivity contribution in [3.05, 3.63) is 35.4 Å². The first-order valence-corrected chi connectivity index (χ1v) is 6.34. The minimum Gasteiger partial charge on any atom is -0.295 e. The van der Waals surface area contributed by atoms with Gasteiger partial charge in [0.25, 0.3) is 0 Å². The number of hydrogen-bond acceptors (Lipinski definition) is 1. The Morgan fingerprint density at radius 3 is 2.76 bits per heavy atom. The fourth-order valence-corrected chi connectivity index (χ4v) is 1.62. The third kappa shape index (κ3) is 5.36. The molecular formula is C16H20O. The van der Waals surface area contributed by atoms with Crippen molar-refractivity contribution < 1.29 is 4.79 Å². The minimum absolute atomic E-state index is 0.0941. The molecule has 1 rings (SSSR count). The summed E-state index contributed by atoms with van der Waals surface area (Å²) >= 11 is 0. The van der Waals surface area contributed by atoms with Crippen LogP contribution in [0, 0.1) is 11.8 Å². The molecule has 0 N–H and O–H groups in total. The molecule has 0 heterocycles. The Kier molecular flexibility index (Phi) is 6.10. The van der Waals surface area contributed by atoms with E-state index < -0.39 is 0 Å². The maximum atomic E-state index is 11.2. The van der Waals surface area contributed by atoms with Crippen LogP contribution in [0.4, 0.5) is 0 Å². The molecule has 0 fully saturated rings. The molecule has 1 nitrogen and oxygen atoms in total. The summed E-state index contributed by atoms with van der Waals surface area (Å²) < 4.78 is 0. The lowest BCUT2D eigenvalue weighted by atomic mass is 10.1. The van der Waals surface area contributed by atoms with Crippen molar-refractivity contribution >= 4 is 5.78 Å². The summed E-state index contributed by atoms with van der Waals surface area (Å²) in [6.07, 6.45) is 5.94. The van der Waals surface area contributed by atoms with Crippen LogP contribution in [0.25, 0.3) is 0 Å². The number of ketones is 1. The highest BCUT2D eigenvalue weighted by molar-refractivity contribution is 5.94. The van der Waals surface area contributed by atoms with Gasteiger partial charge in [-0.15, -0.1) is 0 Å². The molecule has 0 atom stereocenters. The second kappa shape index (κ2) is 7.68. The van der Waals surface area contributed by atoms with Crippen molar-refractivity contribution in [2.24, 2.45) is 0 Å². The number of benzene rings is 1. The normalized spacial score (nSPS) is 9.53. The van der Waals surface area contributed by atoms with E-state index in [-0.39, 0.29) is 5.78 Å². The average molecular weight is 228 g/mol. The lowest BCUT2D eigenvalue weighted by molar-refractivity contribution is 0.101. The summed E-state index contributed by atoms with van der Waals surface area (Å²) in [6.45, 7) is 3.79. The van der Waals surface area contributed by atoms with Crippen molar-refractivity contribution in [1.29, 1.82) is 0 Å². The first-order valence-electron chi connectivity index (χ1n) is 6.34. The molecule has 1 aromatic rings. The molecule has 0 unspecified atom stereocenters. The fraction of sp³-hybridized carbons (Fsp3) is 0.438. The average Bonchev–Trinajstić information content (AvgIpc) is 2.34. The summed E-state index contributed by atoms with van der Waals surface area (Å²) in [5.41, 5.74) is 1.68. The van der Waals surface area contributed by atoms with E-state index in [9.17, 15) is 4.79 Å². The lowest BCUT2D eigenvalue weighted by Crippen LogP contribution is -1.91. The van der Waals surface area contributed by atoms with E-state index in [4.69, 9.17) is 0 Å². The number of Topliss-reactive ketones (excluding diaryl/α,β-unsaturated/α-hetero) is 1. The van der Waals surface area contributed by atoms with E-state index in [1.807, 2.05) is 24.3 Å². The van der Waals surface area contributed by atoms with Gasteiger partial charge in [0.1, 0.15) is 0 Å². The van der Waals surface area contributed by atoms with Crippen LogP contribution in [0.5, 0.6) is 0 Å². The van der Waals surface area contributed by atoms with Crippen molar-refractivity contribution in [2.45, 2.75) is 46.0 Å². The number of unbranched alkanes of at least 4 members (excludes halogenated alkanes) is 4.